The standard InChI is InChI=1S/C13H17N5S/c1-2-7-17-13(19)18(12(14)15)9-4-6-11-5-3-8-16-10-11/h1,3,5,8,10H,4,6-7,9H2,(H3,14,15)(H,17,19). The Kier molecular flexibility index (Phi) is 6.33. The van der Waals surface area contributed by atoms with Gasteiger partial charge in [-0.15, -0.1) is 6.42 Å². The van der Waals surface area contributed by atoms with Crippen molar-refractivity contribution >= 4 is 23.3 Å². The van der Waals surface area contributed by atoms with Gasteiger partial charge in [-0.1, -0.05) is 12.0 Å². The fraction of sp³-hybridized carbons (Fsp3) is 0.308. The van der Waals surface area contributed by atoms with Crippen LogP contribution in [0, 0.1) is 17.8 Å². The lowest BCUT2D eigenvalue weighted by Crippen LogP contribution is -2.47. The van der Waals surface area contributed by atoms with Crippen molar-refractivity contribution in [2.24, 2.45) is 5.73 Å². The summed E-state index contributed by atoms with van der Waals surface area (Å²) in [6.07, 6.45) is 10.4. The Morgan fingerprint density at radius 3 is 3.00 bits per heavy atom. The molecule has 0 atom stereocenters. The van der Waals surface area contributed by atoms with E-state index in [-0.39, 0.29) is 5.96 Å². The van der Waals surface area contributed by atoms with E-state index in [1.165, 1.54) is 4.90 Å². The third-order valence-electron chi connectivity index (χ3n) is 2.45. The van der Waals surface area contributed by atoms with Crippen LogP contribution in [0.1, 0.15) is 12.0 Å². The molecule has 0 aliphatic heterocycles. The van der Waals surface area contributed by atoms with Gasteiger partial charge in [0.15, 0.2) is 11.1 Å². The number of aryl methyl sites for hydroxylation is 1. The molecule has 100 valence electrons. The van der Waals surface area contributed by atoms with E-state index in [1.807, 2.05) is 18.3 Å². The zero-order chi connectivity index (χ0) is 14.1. The Balaban J connectivity index is 2.44. The summed E-state index contributed by atoms with van der Waals surface area (Å²) < 4.78 is 0. The quantitative estimate of drug-likeness (QED) is 0.319. The predicted octanol–water partition coefficient (Wildman–Crippen LogP) is 0.717. The van der Waals surface area contributed by atoms with Crippen molar-refractivity contribution < 1.29 is 0 Å². The van der Waals surface area contributed by atoms with Gasteiger partial charge in [-0.2, -0.15) is 0 Å². The number of nitrogens with two attached hydrogens (primary N) is 1. The van der Waals surface area contributed by atoms with Gasteiger partial charge in [-0.3, -0.25) is 15.3 Å². The first-order chi connectivity index (χ1) is 9.15. The monoisotopic (exact) mass is 275 g/mol. The molecule has 0 radical (unpaired) electrons. The van der Waals surface area contributed by atoms with Crippen LogP contribution in [0.4, 0.5) is 0 Å². The van der Waals surface area contributed by atoms with E-state index in [4.69, 9.17) is 29.8 Å². The molecule has 0 spiro atoms. The molecule has 0 saturated carbocycles. The van der Waals surface area contributed by atoms with E-state index in [0.717, 1.165) is 18.4 Å². The molecule has 0 aliphatic rings. The minimum Gasteiger partial charge on any atom is -0.370 e. The molecule has 1 aromatic heterocycles. The van der Waals surface area contributed by atoms with E-state index in [1.54, 1.807) is 6.20 Å². The van der Waals surface area contributed by atoms with Gasteiger partial charge in [-0.25, -0.2) is 0 Å². The summed E-state index contributed by atoms with van der Waals surface area (Å²) in [5.74, 6) is 2.35. The Bertz CT molecular complexity index is 466. The van der Waals surface area contributed by atoms with Crippen molar-refractivity contribution in [3.05, 3.63) is 30.1 Å². The van der Waals surface area contributed by atoms with Gasteiger partial charge >= 0.3 is 0 Å². The minimum absolute atomic E-state index is 0.0827. The molecular formula is C13H17N5S. The Hall–Kier alpha value is -2.13. The number of pyridine rings is 1. The number of hydrogen-bond acceptors (Lipinski definition) is 3. The summed E-state index contributed by atoms with van der Waals surface area (Å²) in [6, 6.07) is 3.91. The number of nitrogens with one attached hydrogen (secondary N) is 2. The topological polar surface area (TPSA) is 78.0 Å². The smallest absolute Gasteiger partial charge is 0.194 e. The third-order valence-corrected chi connectivity index (χ3v) is 2.81. The molecular weight excluding hydrogens is 258 g/mol. The first-order valence-corrected chi connectivity index (χ1v) is 6.27. The number of nitrogens with zero attached hydrogens (tertiary/aromatic N) is 2. The highest BCUT2D eigenvalue weighted by molar-refractivity contribution is 7.80. The number of hydrogen-bond donors (Lipinski definition) is 3. The van der Waals surface area contributed by atoms with Gasteiger partial charge in [0.05, 0.1) is 6.54 Å². The summed E-state index contributed by atoms with van der Waals surface area (Å²) >= 11 is 5.13. The summed E-state index contributed by atoms with van der Waals surface area (Å²) in [4.78, 5) is 5.58. The maximum absolute atomic E-state index is 7.51. The van der Waals surface area contributed by atoms with Crippen molar-refractivity contribution in [3.8, 4) is 12.3 Å². The third kappa shape index (κ3) is 5.36. The van der Waals surface area contributed by atoms with Crippen LogP contribution in [0.5, 0.6) is 0 Å². The number of terminal acetylenes is 1. The van der Waals surface area contributed by atoms with Gasteiger partial charge < -0.3 is 11.1 Å². The fourth-order valence-corrected chi connectivity index (χ4v) is 1.80. The van der Waals surface area contributed by atoms with Crippen LogP contribution in [-0.4, -0.2) is 34.0 Å². The van der Waals surface area contributed by atoms with Crippen molar-refractivity contribution in [2.45, 2.75) is 12.8 Å². The molecule has 0 fully saturated rings. The van der Waals surface area contributed by atoms with Gasteiger partial charge in [0.25, 0.3) is 0 Å². The highest BCUT2D eigenvalue weighted by atomic mass is 32.1. The first-order valence-electron chi connectivity index (χ1n) is 5.87. The predicted molar refractivity (Wildman–Crippen MR) is 80.6 cm³/mol. The molecule has 1 heterocycles. The van der Waals surface area contributed by atoms with Crippen molar-refractivity contribution in [1.29, 1.82) is 5.41 Å². The second-order valence-corrected chi connectivity index (χ2v) is 4.25. The summed E-state index contributed by atoms with van der Waals surface area (Å²) in [5, 5.41) is 10.7. The Morgan fingerprint density at radius 2 is 2.42 bits per heavy atom. The number of guanidine groups is 1. The second-order valence-electron chi connectivity index (χ2n) is 3.86. The van der Waals surface area contributed by atoms with Crippen molar-refractivity contribution in [1.82, 2.24) is 15.2 Å². The molecule has 0 unspecified atom stereocenters. The zero-order valence-corrected chi connectivity index (χ0v) is 11.4. The van der Waals surface area contributed by atoms with E-state index in [0.29, 0.717) is 18.2 Å². The average molecular weight is 275 g/mol. The van der Waals surface area contributed by atoms with Crippen molar-refractivity contribution in [2.75, 3.05) is 13.1 Å². The SMILES string of the molecule is C#CCNC(=S)N(CCCc1cccnc1)C(=N)N. The highest BCUT2D eigenvalue weighted by Crippen LogP contribution is 2.02. The largest absolute Gasteiger partial charge is 0.370 e. The Labute approximate surface area is 118 Å². The molecule has 4 N–H and O–H groups in total. The van der Waals surface area contributed by atoms with Gasteiger partial charge in [0, 0.05) is 18.9 Å². The molecule has 0 amide bonds. The molecule has 1 aromatic rings. The molecule has 0 bridgehead atoms. The van der Waals surface area contributed by atoms with Gasteiger partial charge in [0.2, 0.25) is 0 Å². The molecule has 0 aliphatic carbocycles. The molecule has 1 rings (SSSR count). The van der Waals surface area contributed by atoms with E-state index < -0.39 is 0 Å². The van der Waals surface area contributed by atoms with Crippen LogP contribution < -0.4 is 11.1 Å². The summed E-state index contributed by atoms with van der Waals surface area (Å²) in [5.41, 5.74) is 6.65. The maximum atomic E-state index is 7.51. The number of aromatic nitrogens is 1. The molecule has 5 nitrogen and oxygen atoms in total. The van der Waals surface area contributed by atoms with Crippen LogP contribution in [0.15, 0.2) is 24.5 Å². The Morgan fingerprint density at radius 1 is 1.63 bits per heavy atom. The lowest BCUT2D eigenvalue weighted by molar-refractivity contribution is 0.557. The van der Waals surface area contributed by atoms with Gasteiger partial charge in [-0.05, 0) is 36.7 Å². The maximum Gasteiger partial charge on any atom is 0.194 e. The zero-order valence-electron chi connectivity index (χ0n) is 10.6. The number of thiocarbonyl (C=S) groups is 1. The van der Waals surface area contributed by atoms with Crippen LogP contribution in [0.2, 0.25) is 0 Å². The second kappa shape index (κ2) is 8.06. The normalized spacial score (nSPS) is 9.42. The average Bonchev–Trinajstić information content (AvgIpc) is 2.41. The van der Waals surface area contributed by atoms with Gasteiger partial charge in [0.1, 0.15) is 0 Å². The van der Waals surface area contributed by atoms with E-state index >= 15 is 0 Å². The number of rotatable bonds is 5. The van der Waals surface area contributed by atoms with Crippen LogP contribution in [0.3, 0.4) is 0 Å². The fourth-order valence-electron chi connectivity index (χ4n) is 1.54. The van der Waals surface area contributed by atoms with Crippen LogP contribution in [0.25, 0.3) is 0 Å². The summed E-state index contributed by atoms with van der Waals surface area (Å²) in [7, 11) is 0. The highest BCUT2D eigenvalue weighted by Gasteiger charge is 2.11. The molecule has 19 heavy (non-hydrogen) atoms. The molecule has 0 saturated heterocycles. The van der Waals surface area contributed by atoms with Crippen LogP contribution >= 0.6 is 12.2 Å². The summed E-state index contributed by atoms with van der Waals surface area (Å²) in [6.45, 7) is 0.895. The van der Waals surface area contributed by atoms with E-state index in [2.05, 4.69) is 16.2 Å². The molecule has 6 heteroatoms. The van der Waals surface area contributed by atoms with Crippen molar-refractivity contribution in [3.63, 3.8) is 0 Å². The minimum atomic E-state index is -0.0827. The lowest BCUT2D eigenvalue weighted by atomic mass is 10.1. The molecule has 0 aromatic carbocycles. The van der Waals surface area contributed by atoms with Crippen LogP contribution in [-0.2, 0) is 6.42 Å². The first kappa shape index (κ1) is 14.9. The van der Waals surface area contributed by atoms with E-state index in [9.17, 15) is 0 Å². The lowest BCUT2D eigenvalue weighted by Gasteiger charge is -2.23.